The molecule has 5 heteroatoms. The standard InChI is InChI=1S/C24H15NO3S/c26-23(16-9-5-7-14-6-1-2-8-15(14)16)21-17(24(27)28)12-13-20-22(21)25-18-10-3-4-11-19(18)29-20/h1-13,25H,(H,27,28). The molecule has 0 spiro atoms. The van der Waals surface area contributed by atoms with E-state index in [4.69, 9.17) is 0 Å². The van der Waals surface area contributed by atoms with Gasteiger partial charge in [-0.25, -0.2) is 4.79 Å². The molecular weight excluding hydrogens is 382 g/mol. The number of carboxylic acid groups (broad SMARTS) is 1. The molecule has 0 bridgehead atoms. The largest absolute Gasteiger partial charge is 0.478 e. The van der Waals surface area contributed by atoms with Crippen molar-refractivity contribution in [1.29, 1.82) is 0 Å². The van der Waals surface area contributed by atoms with Crippen LogP contribution in [0.4, 0.5) is 11.4 Å². The van der Waals surface area contributed by atoms with Gasteiger partial charge in [0.25, 0.3) is 0 Å². The predicted octanol–water partition coefficient (Wildman–Crippen LogP) is 5.98. The smallest absolute Gasteiger partial charge is 0.336 e. The van der Waals surface area contributed by atoms with Gasteiger partial charge in [0.2, 0.25) is 0 Å². The van der Waals surface area contributed by atoms with Gasteiger partial charge in [0.05, 0.1) is 22.5 Å². The molecule has 1 heterocycles. The maximum atomic E-state index is 13.7. The number of fused-ring (bicyclic) bond motifs is 3. The summed E-state index contributed by atoms with van der Waals surface area (Å²) in [5.74, 6) is -1.43. The molecule has 0 radical (unpaired) electrons. The summed E-state index contributed by atoms with van der Waals surface area (Å²) in [5.41, 5.74) is 2.08. The Morgan fingerprint density at radius 2 is 1.52 bits per heavy atom. The van der Waals surface area contributed by atoms with Crippen molar-refractivity contribution in [3.63, 3.8) is 0 Å². The van der Waals surface area contributed by atoms with Gasteiger partial charge in [-0.3, -0.25) is 4.79 Å². The Morgan fingerprint density at radius 3 is 2.38 bits per heavy atom. The van der Waals surface area contributed by atoms with E-state index in [2.05, 4.69) is 5.32 Å². The number of ketones is 1. The monoisotopic (exact) mass is 397 g/mol. The normalized spacial score (nSPS) is 12.0. The van der Waals surface area contributed by atoms with Crippen molar-refractivity contribution in [2.75, 3.05) is 5.32 Å². The highest BCUT2D eigenvalue weighted by Gasteiger charge is 2.28. The summed E-state index contributed by atoms with van der Waals surface area (Å²) in [5, 5.41) is 14.8. The highest BCUT2D eigenvalue weighted by Crippen LogP contribution is 2.46. The van der Waals surface area contributed by atoms with Gasteiger partial charge in [-0.2, -0.15) is 0 Å². The molecule has 0 saturated heterocycles. The molecule has 0 atom stereocenters. The van der Waals surface area contributed by atoms with E-state index < -0.39 is 5.97 Å². The molecule has 4 aromatic carbocycles. The third kappa shape index (κ3) is 2.87. The molecule has 0 aromatic heterocycles. The first kappa shape index (κ1) is 17.5. The van der Waals surface area contributed by atoms with Gasteiger partial charge in [-0.1, -0.05) is 66.4 Å². The quantitative estimate of drug-likeness (QED) is 0.367. The lowest BCUT2D eigenvalue weighted by Gasteiger charge is -2.24. The van der Waals surface area contributed by atoms with Gasteiger partial charge in [0.15, 0.2) is 5.78 Å². The van der Waals surface area contributed by atoms with E-state index in [1.165, 1.54) is 17.8 Å². The lowest BCUT2D eigenvalue weighted by Crippen LogP contribution is -2.15. The molecule has 0 unspecified atom stereocenters. The van der Waals surface area contributed by atoms with E-state index in [9.17, 15) is 14.7 Å². The third-order valence-corrected chi connectivity index (χ3v) is 6.16. The van der Waals surface area contributed by atoms with Crippen molar-refractivity contribution < 1.29 is 14.7 Å². The Morgan fingerprint density at radius 1 is 0.759 bits per heavy atom. The van der Waals surface area contributed by atoms with Gasteiger partial charge in [0.1, 0.15) is 0 Å². The van der Waals surface area contributed by atoms with Crippen molar-refractivity contribution in [2.24, 2.45) is 0 Å². The van der Waals surface area contributed by atoms with Crippen molar-refractivity contribution in [3.05, 3.63) is 95.6 Å². The zero-order valence-electron chi connectivity index (χ0n) is 15.2. The number of hydrogen-bond donors (Lipinski definition) is 2. The highest BCUT2D eigenvalue weighted by molar-refractivity contribution is 7.99. The number of para-hydroxylation sites is 1. The Balaban J connectivity index is 1.74. The topological polar surface area (TPSA) is 66.4 Å². The summed E-state index contributed by atoms with van der Waals surface area (Å²) in [6.07, 6.45) is 0. The number of anilines is 2. The molecule has 1 aliphatic rings. The average Bonchev–Trinajstić information content (AvgIpc) is 2.76. The summed E-state index contributed by atoms with van der Waals surface area (Å²) < 4.78 is 0. The Kier molecular flexibility index (Phi) is 4.11. The number of benzene rings is 4. The SMILES string of the molecule is O=C(O)c1ccc2c(c1C(=O)c1cccc3ccccc13)Nc1ccccc1S2. The van der Waals surface area contributed by atoms with Crippen LogP contribution < -0.4 is 5.32 Å². The van der Waals surface area contributed by atoms with Crippen LogP contribution in [0.2, 0.25) is 0 Å². The summed E-state index contributed by atoms with van der Waals surface area (Å²) in [7, 11) is 0. The number of carbonyl (C=O) groups excluding carboxylic acids is 1. The Labute approximate surface area is 171 Å². The molecule has 5 rings (SSSR count). The Hall–Kier alpha value is -3.57. The molecule has 2 N–H and O–H groups in total. The van der Waals surface area contributed by atoms with E-state index in [1.54, 1.807) is 12.1 Å². The van der Waals surface area contributed by atoms with Crippen LogP contribution in [-0.4, -0.2) is 16.9 Å². The van der Waals surface area contributed by atoms with Gasteiger partial charge in [-0.05, 0) is 35.0 Å². The lowest BCUT2D eigenvalue weighted by molar-refractivity contribution is 0.0693. The number of carbonyl (C=O) groups is 2. The summed E-state index contributed by atoms with van der Waals surface area (Å²) in [6, 6.07) is 24.2. The Bertz CT molecular complexity index is 1310. The van der Waals surface area contributed by atoms with Gasteiger partial charge in [0, 0.05) is 15.4 Å². The average molecular weight is 397 g/mol. The fourth-order valence-electron chi connectivity index (χ4n) is 3.68. The minimum Gasteiger partial charge on any atom is -0.478 e. The van der Waals surface area contributed by atoms with Crippen LogP contribution >= 0.6 is 11.8 Å². The van der Waals surface area contributed by atoms with Crippen LogP contribution in [0.3, 0.4) is 0 Å². The molecule has 0 amide bonds. The predicted molar refractivity (Wildman–Crippen MR) is 115 cm³/mol. The molecule has 4 nitrogen and oxygen atoms in total. The molecular formula is C24H15NO3S. The fraction of sp³-hybridized carbons (Fsp3) is 0. The molecule has 140 valence electrons. The molecule has 0 saturated carbocycles. The maximum Gasteiger partial charge on any atom is 0.336 e. The van der Waals surface area contributed by atoms with E-state index in [1.807, 2.05) is 60.7 Å². The molecule has 1 aliphatic heterocycles. The minimum absolute atomic E-state index is 0.00540. The van der Waals surface area contributed by atoms with Crippen LogP contribution in [0.25, 0.3) is 10.8 Å². The second-order valence-electron chi connectivity index (χ2n) is 6.75. The lowest BCUT2D eigenvalue weighted by atomic mass is 9.93. The number of hydrogen-bond acceptors (Lipinski definition) is 4. The van der Waals surface area contributed by atoms with Gasteiger partial charge < -0.3 is 10.4 Å². The third-order valence-electron chi connectivity index (χ3n) is 5.03. The van der Waals surface area contributed by atoms with Crippen molar-refractivity contribution in [2.45, 2.75) is 9.79 Å². The second kappa shape index (κ2) is 6.79. The van der Waals surface area contributed by atoms with Crippen molar-refractivity contribution in [1.82, 2.24) is 0 Å². The number of aromatic carboxylic acids is 1. The van der Waals surface area contributed by atoms with Crippen LogP contribution in [0, 0.1) is 0 Å². The second-order valence-corrected chi connectivity index (χ2v) is 7.83. The minimum atomic E-state index is -1.12. The van der Waals surface area contributed by atoms with Crippen molar-refractivity contribution >= 4 is 45.7 Å². The summed E-state index contributed by atoms with van der Waals surface area (Å²) >= 11 is 1.53. The molecule has 4 aromatic rings. The number of carboxylic acids is 1. The fourth-order valence-corrected chi connectivity index (χ4v) is 4.68. The van der Waals surface area contributed by atoms with Crippen LogP contribution in [0.15, 0.2) is 88.7 Å². The summed E-state index contributed by atoms with van der Waals surface area (Å²) in [6.45, 7) is 0. The van der Waals surface area contributed by atoms with Crippen LogP contribution in [0.1, 0.15) is 26.3 Å². The summed E-state index contributed by atoms with van der Waals surface area (Å²) in [4.78, 5) is 27.5. The first-order chi connectivity index (χ1) is 14.1. The molecule has 0 fully saturated rings. The van der Waals surface area contributed by atoms with E-state index in [0.29, 0.717) is 11.3 Å². The first-order valence-electron chi connectivity index (χ1n) is 9.10. The van der Waals surface area contributed by atoms with Gasteiger partial charge >= 0.3 is 5.97 Å². The van der Waals surface area contributed by atoms with E-state index in [0.717, 1.165) is 26.3 Å². The zero-order valence-corrected chi connectivity index (χ0v) is 16.0. The van der Waals surface area contributed by atoms with Gasteiger partial charge in [-0.15, -0.1) is 0 Å². The van der Waals surface area contributed by atoms with Crippen LogP contribution in [-0.2, 0) is 0 Å². The maximum absolute atomic E-state index is 13.7. The van der Waals surface area contributed by atoms with Crippen LogP contribution in [0.5, 0.6) is 0 Å². The number of rotatable bonds is 3. The zero-order chi connectivity index (χ0) is 20.0. The van der Waals surface area contributed by atoms with Crippen molar-refractivity contribution in [3.8, 4) is 0 Å². The molecule has 29 heavy (non-hydrogen) atoms. The van der Waals surface area contributed by atoms with E-state index >= 15 is 0 Å². The molecule has 0 aliphatic carbocycles. The number of nitrogens with one attached hydrogen (secondary N) is 1. The highest BCUT2D eigenvalue weighted by atomic mass is 32.2. The first-order valence-corrected chi connectivity index (χ1v) is 9.92. The van der Waals surface area contributed by atoms with E-state index in [-0.39, 0.29) is 16.9 Å².